The summed E-state index contributed by atoms with van der Waals surface area (Å²) in [5, 5.41) is 3.00. The SMILES string of the molecule is NCCNCCNOC(=O)NN. The predicted molar refractivity (Wildman–Crippen MR) is 43.7 cm³/mol. The van der Waals surface area contributed by atoms with Gasteiger partial charge in [-0.15, -0.1) is 0 Å². The average Bonchev–Trinajstić information content (AvgIpc) is 2.10. The van der Waals surface area contributed by atoms with Gasteiger partial charge in [0, 0.05) is 26.2 Å². The maximum atomic E-state index is 10.3. The Balaban J connectivity index is 2.95. The molecule has 0 rings (SSSR count). The van der Waals surface area contributed by atoms with Crippen LogP contribution in [0.3, 0.4) is 0 Å². The lowest BCUT2D eigenvalue weighted by atomic mass is 10.6. The molecule has 0 aromatic carbocycles. The smallest absolute Gasteiger partial charge is 0.353 e. The lowest BCUT2D eigenvalue weighted by Gasteiger charge is -2.04. The van der Waals surface area contributed by atoms with Gasteiger partial charge in [0.25, 0.3) is 0 Å². The quantitative estimate of drug-likeness (QED) is 0.134. The summed E-state index contributed by atoms with van der Waals surface area (Å²) < 4.78 is 0. The number of rotatable bonds is 6. The third-order valence-electron chi connectivity index (χ3n) is 1.01. The second-order valence-electron chi connectivity index (χ2n) is 1.97. The van der Waals surface area contributed by atoms with Gasteiger partial charge < -0.3 is 15.9 Å². The second kappa shape index (κ2) is 8.21. The molecule has 12 heavy (non-hydrogen) atoms. The minimum atomic E-state index is -0.714. The molecule has 0 bridgehead atoms. The van der Waals surface area contributed by atoms with Crippen molar-refractivity contribution < 1.29 is 9.63 Å². The highest BCUT2D eigenvalue weighted by atomic mass is 16.7. The molecule has 0 radical (unpaired) electrons. The molecule has 1 amide bonds. The van der Waals surface area contributed by atoms with E-state index in [1.54, 1.807) is 5.43 Å². The first kappa shape index (κ1) is 11.1. The molecule has 7 heteroatoms. The highest BCUT2D eigenvalue weighted by Crippen LogP contribution is 1.66. The van der Waals surface area contributed by atoms with Crippen LogP contribution in [-0.2, 0) is 4.84 Å². The van der Waals surface area contributed by atoms with Crippen molar-refractivity contribution in [3.05, 3.63) is 0 Å². The van der Waals surface area contributed by atoms with Crippen LogP contribution < -0.4 is 27.8 Å². The van der Waals surface area contributed by atoms with E-state index in [1.165, 1.54) is 0 Å². The van der Waals surface area contributed by atoms with E-state index in [1.807, 2.05) is 0 Å². The van der Waals surface area contributed by atoms with E-state index in [2.05, 4.69) is 15.6 Å². The normalized spacial score (nSPS) is 9.50. The predicted octanol–water partition coefficient (Wildman–Crippen LogP) is -2.36. The molecule has 7 nitrogen and oxygen atoms in total. The van der Waals surface area contributed by atoms with E-state index in [-0.39, 0.29) is 0 Å². The van der Waals surface area contributed by atoms with Crippen LogP contribution in [0.1, 0.15) is 0 Å². The largest absolute Gasteiger partial charge is 0.440 e. The molecular formula is C5H15N5O2. The van der Waals surface area contributed by atoms with Crippen LogP contribution >= 0.6 is 0 Å². The van der Waals surface area contributed by atoms with E-state index >= 15 is 0 Å². The number of amides is 1. The Morgan fingerprint density at radius 3 is 2.67 bits per heavy atom. The van der Waals surface area contributed by atoms with Gasteiger partial charge in [0.05, 0.1) is 0 Å². The zero-order chi connectivity index (χ0) is 9.23. The summed E-state index contributed by atoms with van der Waals surface area (Å²) in [5.74, 6) is 4.74. The van der Waals surface area contributed by atoms with Gasteiger partial charge in [0.2, 0.25) is 0 Å². The first-order valence-corrected chi connectivity index (χ1v) is 3.62. The fourth-order valence-corrected chi connectivity index (χ4v) is 0.513. The number of carbonyl (C=O) groups excluding carboxylic acids is 1. The molecule has 7 N–H and O–H groups in total. The fraction of sp³-hybridized carbons (Fsp3) is 0.800. The summed E-state index contributed by atoms with van der Waals surface area (Å²) in [7, 11) is 0. The monoisotopic (exact) mass is 177 g/mol. The highest BCUT2D eigenvalue weighted by Gasteiger charge is 1.95. The van der Waals surface area contributed by atoms with E-state index in [0.717, 1.165) is 6.54 Å². The van der Waals surface area contributed by atoms with Crippen molar-refractivity contribution in [3.8, 4) is 0 Å². The lowest BCUT2D eigenvalue weighted by molar-refractivity contribution is 0.0903. The maximum absolute atomic E-state index is 10.3. The Hall–Kier alpha value is -0.890. The minimum absolute atomic E-state index is 0.507. The van der Waals surface area contributed by atoms with Gasteiger partial charge in [0.15, 0.2) is 0 Å². The van der Waals surface area contributed by atoms with Crippen LogP contribution in [0.4, 0.5) is 4.79 Å². The molecule has 0 fully saturated rings. The number of nitrogens with two attached hydrogens (primary N) is 2. The van der Waals surface area contributed by atoms with Gasteiger partial charge in [-0.05, 0) is 0 Å². The number of nitrogens with one attached hydrogen (secondary N) is 3. The molecule has 0 saturated carbocycles. The van der Waals surface area contributed by atoms with Gasteiger partial charge in [-0.3, -0.25) is 5.43 Å². The standard InChI is InChI=1S/C5H15N5O2/c6-1-2-8-3-4-9-12-5(11)10-7/h8-9H,1-4,6-7H2,(H,10,11). The molecule has 0 atom stereocenters. The topological polar surface area (TPSA) is 114 Å². The van der Waals surface area contributed by atoms with Gasteiger partial charge in [0.1, 0.15) is 0 Å². The van der Waals surface area contributed by atoms with Crippen molar-refractivity contribution in [3.63, 3.8) is 0 Å². The number of hydrogen-bond acceptors (Lipinski definition) is 6. The van der Waals surface area contributed by atoms with E-state index < -0.39 is 6.09 Å². The second-order valence-corrected chi connectivity index (χ2v) is 1.97. The van der Waals surface area contributed by atoms with Crippen molar-refractivity contribution in [2.45, 2.75) is 0 Å². The van der Waals surface area contributed by atoms with E-state index in [9.17, 15) is 4.79 Å². The summed E-state index contributed by atoms with van der Waals surface area (Å²) in [6.45, 7) is 2.51. The summed E-state index contributed by atoms with van der Waals surface area (Å²) in [6, 6.07) is 0. The molecule has 0 heterocycles. The Labute approximate surface area is 70.7 Å². The van der Waals surface area contributed by atoms with Gasteiger partial charge in [-0.2, -0.15) is 5.48 Å². The van der Waals surface area contributed by atoms with Crippen LogP contribution in [-0.4, -0.2) is 32.3 Å². The third kappa shape index (κ3) is 7.22. The van der Waals surface area contributed by atoms with Crippen LogP contribution in [0.2, 0.25) is 0 Å². The molecule has 0 aromatic rings. The minimum Gasteiger partial charge on any atom is -0.353 e. The molecule has 0 saturated heterocycles. The van der Waals surface area contributed by atoms with Gasteiger partial charge >= 0.3 is 6.09 Å². The summed E-state index contributed by atoms with van der Waals surface area (Å²) in [5.41, 5.74) is 9.42. The Bertz CT molecular complexity index is 120. The number of carbonyl (C=O) groups is 1. The van der Waals surface area contributed by atoms with Crippen molar-refractivity contribution in [2.75, 3.05) is 26.2 Å². The van der Waals surface area contributed by atoms with Crippen molar-refractivity contribution in [2.24, 2.45) is 11.6 Å². The summed E-state index contributed by atoms with van der Waals surface area (Å²) in [4.78, 5) is 14.7. The van der Waals surface area contributed by atoms with E-state index in [0.29, 0.717) is 19.6 Å². The number of hydrazine groups is 1. The van der Waals surface area contributed by atoms with Crippen molar-refractivity contribution in [1.82, 2.24) is 16.2 Å². The number of hydrogen-bond donors (Lipinski definition) is 5. The number of hydroxylamine groups is 1. The lowest BCUT2D eigenvalue weighted by Crippen LogP contribution is -2.37. The zero-order valence-corrected chi connectivity index (χ0v) is 6.80. The first-order chi connectivity index (χ1) is 5.81. The Kier molecular flexibility index (Phi) is 7.60. The summed E-state index contributed by atoms with van der Waals surface area (Å²) in [6.07, 6.45) is -0.714. The third-order valence-corrected chi connectivity index (χ3v) is 1.01. The van der Waals surface area contributed by atoms with Crippen LogP contribution in [0.5, 0.6) is 0 Å². The van der Waals surface area contributed by atoms with E-state index in [4.69, 9.17) is 11.6 Å². The summed E-state index contributed by atoms with van der Waals surface area (Å²) >= 11 is 0. The van der Waals surface area contributed by atoms with Crippen molar-refractivity contribution in [1.29, 1.82) is 0 Å². The van der Waals surface area contributed by atoms with Crippen molar-refractivity contribution >= 4 is 6.09 Å². The maximum Gasteiger partial charge on any atom is 0.440 e. The molecular weight excluding hydrogens is 162 g/mol. The molecule has 0 aliphatic rings. The van der Waals surface area contributed by atoms with Crippen LogP contribution in [0.25, 0.3) is 0 Å². The Morgan fingerprint density at radius 1 is 1.33 bits per heavy atom. The Morgan fingerprint density at radius 2 is 2.08 bits per heavy atom. The molecule has 0 unspecified atom stereocenters. The van der Waals surface area contributed by atoms with Crippen LogP contribution in [0, 0.1) is 0 Å². The average molecular weight is 177 g/mol. The fourth-order valence-electron chi connectivity index (χ4n) is 0.513. The van der Waals surface area contributed by atoms with Gasteiger partial charge in [-0.1, -0.05) is 0 Å². The molecule has 0 aromatic heterocycles. The first-order valence-electron chi connectivity index (χ1n) is 3.62. The molecule has 0 spiro atoms. The zero-order valence-electron chi connectivity index (χ0n) is 6.80. The molecule has 72 valence electrons. The molecule has 0 aliphatic carbocycles. The van der Waals surface area contributed by atoms with Gasteiger partial charge in [-0.25, -0.2) is 10.6 Å². The highest BCUT2D eigenvalue weighted by molar-refractivity contribution is 5.65. The van der Waals surface area contributed by atoms with Crippen LogP contribution in [0.15, 0.2) is 0 Å². The molecule has 0 aliphatic heterocycles.